The van der Waals surface area contributed by atoms with E-state index in [1.807, 2.05) is 6.07 Å². The number of nitrogens with zero attached hydrogens (tertiary/aromatic N) is 2. The SMILES string of the molecule is CC[C@]1(c2ccccc2)C(=O)NC(=O)N(CN2CCCCC2)C1=O. The summed E-state index contributed by atoms with van der Waals surface area (Å²) in [5.41, 5.74) is -0.698. The molecule has 0 aliphatic carbocycles. The molecule has 24 heavy (non-hydrogen) atoms. The average molecular weight is 329 g/mol. The summed E-state index contributed by atoms with van der Waals surface area (Å²) in [7, 11) is 0. The Labute approximate surface area is 141 Å². The van der Waals surface area contributed by atoms with Crippen molar-refractivity contribution >= 4 is 17.8 Å². The Balaban J connectivity index is 1.92. The predicted octanol–water partition coefficient (Wildman–Crippen LogP) is 1.86. The number of imide groups is 2. The lowest BCUT2D eigenvalue weighted by Crippen LogP contribution is -2.67. The third-order valence-electron chi connectivity index (χ3n) is 5.05. The Kier molecular flexibility index (Phi) is 4.66. The van der Waals surface area contributed by atoms with Crippen LogP contribution in [0.15, 0.2) is 30.3 Å². The Morgan fingerprint density at radius 1 is 1.04 bits per heavy atom. The minimum Gasteiger partial charge on any atom is -0.286 e. The third-order valence-corrected chi connectivity index (χ3v) is 5.05. The number of hydrogen-bond donors (Lipinski definition) is 1. The molecule has 0 unspecified atom stereocenters. The van der Waals surface area contributed by atoms with E-state index in [0.29, 0.717) is 12.0 Å². The maximum absolute atomic E-state index is 13.2. The van der Waals surface area contributed by atoms with Crippen molar-refractivity contribution in [1.29, 1.82) is 0 Å². The second-order valence-electron chi connectivity index (χ2n) is 6.44. The topological polar surface area (TPSA) is 69.7 Å². The van der Waals surface area contributed by atoms with Crippen LogP contribution in [0.5, 0.6) is 0 Å². The van der Waals surface area contributed by atoms with Crippen LogP contribution < -0.4 is 5.32 Å². The fourth-order valence-corrected chi connectivity index (χ4v) is 3.61. The van der Waals surface area contributed by atoms with Crippen molar-refractivity contribution in [1.82, 2.24) is 15.1 Å². The monoisotopic (exact) mass is 329 g/mol. The van der Waals surface area contributed by atoms with Crippen molar-refractivity contribution in [2.75, 3.05) is 19.8 Å². The third kappa shape index (κ3) is 2.71. The Morgan fingerprint density at radius 3 is 2.33 bits per heavy atom. The summed E-state index contributed by atoms with van der Waals surface area (Å²) in [6.45, 7) is 3.79. The summed E-state index contributed by atoms with van der Waals surface area (Å²) >= 11 is 0. The largest absolute Gasteiger partial charge is 0.331 e. The zero-order valence-corrected chi connectivity index (χ0v) is 14.0. The van der Waals surface area contributed by atoms with Gasteiger partial charge in [0.15, 0.2) is 5.41 Å². The summed E-state index contributed by atoms with van der Waals surface area (Å²) in [6.07, 6.45) is 3.63. The van der Waals surface area contributed by atoms with Gasteiger partial charge in [0.1, 0.15) is 0 Å². The molecule has 0 bridgehead atoms. The number of nitrogens with one attached hydrogen (secondary N) is 1. The summed E-state index contributed by atoms with van der Waals surface area (Å²) in [5.74, 6) is -0.948. The van der Waals surface area contributed by atoms with E-state index < -0.39 is 23.3 Å². The van der Waals surface area contributed by atoms with Crippen LogP contribution >= 0.6 is 0 Å². The lowest BCUT2D eigenvalue weighted by Gasteiger charge is -2.41. The molecule has 4 amide bonds. The molecule has 0 aromatic heterocycles. The van der Waals surface area contributed by atoms with E-state index >= 15 is 0 Å². The molecule has 6 nitrogen and oxygen atoms in total. The van der Waals surface area contributed by atoms with Gasteiger partial charge in [-0.3, -0.25) is 19.8 Å². The Bertz CT molecular complexity index is 640. The van der Waals surface area contributed by atoms with E-state index in [1.165, 1.54) is 11.3 Å². The lowest BCUT2D eigenvalue weighted by molar-refractivity contribution is -0.147. The smallest absolute Gasteiger partial charge is 0.286 e. The highest BCUT2D eigenvalue weighted by molar-refractivity contribution is 6.22. The first-order valence-corrected chi connectivity index (χ1v) is 8.55. The molecule has 3 rings (SSSR count). The molecular formula is C18H23N3O3. The molecule has 1 N–H and O–H groups in total. The van der Waals surface area contributed by atoms with Crippen LogP contribution in [-0.4, -0.2) is 47.4 Å². The second-order valence-corrected chi connectivity index (χ2v) is 6.44. The van der Waals surface area contributed by atoms with Crippen LogP contribution in [0, 0.1) is 0 Å². The van der Waals surface area contributed by atoms with Gasteiger partial charge in [0.2, 0.25) is 5.91 Å². The van der Waals surface area contributed by atoms with E-state index in [4.69, 9.17) is 0 Å². The van der Waals surface area contributed by atoms with Crippen LogP contribution in [0.25, 0.3) is 0 Å². The summed E-state index contributed by atoms with van der Waals surface area (Å²) < 4.78 is 0. The fourth-order valence-electron chi connectivity index (χ4n) is 3.61. The van der Waals surface area contributed by atoms with Gasteiger partial charge in [-0.25, -0.2) is 9.69 Å². The number of carbonyl (C=O) groups is 3. The molecule has 6 heteroatoms. The zero-order chi connectivity index (χ0) is 17.2. The molecular weight excluding hydrogens is 306 g/mol. The number of urea groups is 1. The van der Waals surface area contributed by atoms with Gasteiger partial charge in [-0.05, 0) is 37.9 Å². The minimum atomic E-state index is -1.33. The van der Waals surface area contributed by atoms with Crippen LogP contribution in [0.1, 0.15) is 38.2 Å². The van der Waals surface area contributed by atoms with Gasteiger partial charge in [-0.1, -0.05) is 43.7 Å². The number of benzene rings is 1. The van der Waals surface area contributed by atoms with Crippen molar-refractivity contribution in [2.45, 2.75) is 38.0 Å². The molecule has 1 aromatic carbocycles. The van der Waals surface area contributed by atoms with Crippen LogP contribution in [0.2, 0.25) is 0 Å². The summed E-state index contributed by atoms with van der Waals surface area (Å²) in [6, 6.07) is 8.38. The van der Waals surface area contributed by atoms with Gasteiger partial charge in [0.05, 0.1) is 6.67 Å². The number of hydrogen-bond acceptors (Lipinski definition) is 4. The molecule has 1 atom stereocenters. The Hall–Kier alpha value is -2.21. The summed E-state index contributed by atoms with van der Waals surface area (Å²) in [4.78, 5) is 41.4. The number of carbonyl (C=O) groups excluding carboxylic acids is 3. The first-order valence-electron chi connectivity index (χ1n) is 8.55. The molecule has 2 saturated heterocycles. The summed E-state index contributed by atoms with van der Waals surface area (Å²) in [5, 5.41) is 2.39. The van der Waals surface area contributed by atoms with Gasteiger partial charge in [-0.2, -0.15) is 0 Å². The average Bonchev–Trinajstić information content (AvgIpc) is 2.61. The molecule has 2 aliphatic rings. The fraction of sp³-hybridized carbons (Fsp3) is 0.500. The van der Waals surface area contributed by atoms with E-state index in [1.54, 1.807) is 31.2 Å². The first kappa shape index (κ1) is 16.6. The highest BCUT2D eigenvalue weighted by atomic mass is 16.2. The molecule has 1 aromatic rings. The lowest BCUT2D eigenvalue weighted by atomic mass is 9.75. The van der Waals surface area contributed by atoms with Crippen molar-refractivity contribution in [3.63, 3.8) is 0 Å². The minimum absolute atomic E-state index is 0.243. The molecule has 2 heterocycles. The highest BCUT2D eigenvalue weighted by Gasteiger charge is 2.54. The van der Waals surface area contributed by atoms with Crippen LogP contribution in [0.3, 0.4) is 0 Å². The molecule has 0 radical (unpaired) electrons. The molecule has 128 valence electrons. The maximum atomic E-state index is 13.2. The number of barbiturate groups is 1. The predicted molar refractivity (Wildman–Crippen MR) is 89.1 cm³/mol. The highest BCUT2D eigenvalue weighted by Crippen LogP contribution is 2.33. The van der Waals surface area contributed by atoms with Gasteiger partial charge in [-0.15, -0.1) is 0 Å². The van der Waals surface area contributed by atoms with Crippen molar-refractivity contribution in [3.05, 3.63) is 35.9 Å². The Morgan fingerprint density at radius 2 is 1.71 bits per heavy atom. The zero-order valence-electron chi connectivity index (χ0n) is 14.0. The van der Waals surface area contributed by atoms with E-state index in [2.05, 4.69) is 10.2 Å². The van der Waals surface area contributed by atoms with E-state index in [9.17, 15) is 14.4 Å². The number of amides is 4. The number of piperidine rings is 1. The van der Waals surface area contributed by atoms with Crippen molar-refractivity contribution < 1.29 is 14.4 Å². The molecule has 2 fully saturated rings. The molecule has 2 aliphatic heterocycles. The van der Waals surface area contributed by atoms with E-state index in [0.717, 1.165) is 25.9 Å². The second kappa shape index (κ2) is 6.73. The van der Waals surface area contributed by atoms with Gasteiger partial charge >= 0.3 is 6.03 Å². The van der Waals surface area contributed by atoms with Gasteiger partial charge < -0.3 is 0 Å². The first-order chi connectivity index (χ1) is 11.6. The normalized spacial score (nSPS) is 25.7. The molecule has 0 spiro atoms. The molecule has 0 saturated carbocycles. The van der Waals surface area contributed by atoms with Gasteiger partial charge in [0.25, 0.3) is 5.91 Å². The van der Waals surface area contributed by atoms with Gasteiger partial charge in [0, 0.05) is 0 Å². The standard InChI is InChI=1S/C18H23N3O3/c1-2-18(14-9-5-3-6-10-14)15(22)19-17(24)21(16(18)23)13-20-11-7-4-8-12-20/h3,5-6,9-10H,2,4,7-8,11-13H2,1H3,(H,19,22,24)/t18-/m0/s1. The number of likely N-dealkylation sites (tertiary alicyclic amines) is 1. The maximum Gasteiger partial charge on any atom is 0.331 e. The van der Waals surface area contributed by atoms with Crippen molar-refractivity contribution in [3.8, 4) is 0 Å². The van der Waals surface area contributed by atoms with Crippen molar-refractivity contribution in [2.24, 2.45) is 0 Å². The van der Waals surface area contributed by atoms with Crippen LogP contribution in [0.4, 0.5) is 4.79 Å². The number of rotatable bonds is 4. The van der Waals surface area contributed by atoms with Crippen LogP contribution in [-0.2, 0) is 15.0 Å². The van der Waals surface area contributed by atoms with E-state index in [-0.39, 0.29) is 6.67 Å². The quantitative estimate of drug-likeness (QED) is 0.856.